The molecule has 0 heterocycles. The fourth-order valence-electron chi connectivity index (χ4n) is 8.19. The zero-order chi connectivity index (χ0) is 26.3. The van der Waals surface area contributed by atoms with E-state index >= 15 is 0 Å². The Labute approximate surface area is 207 Å². The first-order valence-electron chi connectivity index (χ1n) is 11.9. The quantitative estimate of drug-likeness (QED) is 0.489. The number of Topliss-reactive ketones (excluding diaryl/α,β-unsaturated/α-hetero) is 2. The second-order valence-corrected chi connectivity index (χ2v) is 14.8. The van der Waals surface area contributed by atoms with E-state index in [2.05, 4.69) is 0 Å². The Morgan fingerprint density at radius 3 is 2.20 bits per heavy atom. The van der Waals surface area contributed by atoms with Crippen molar-refractivity contribution in [3.05, 3.63) is 11.6 Å². The molecule has 4 aliphatic rings. The van der Waals surface area contributed by atoms with E-state index in [0.29, 0.717) is 18.4 Å². The number of fused-ring (bicyclic) bond motifs is 5. The SMILES string of the molecule is CC(=O)[C@H]1[C@H](C)C[C@H]2[C@@H]3[C@@H](OS(C)(=O)=O)[C@@H](OS(C)(=O)=O)C4=CC(=O)CC[C@]4(C)[C@H]3C(=O)C[C@@]21C. The molecule has 196 valence electrons. The van der Waals surface area contributed by atoms with Crippen LogP contribution in [0.25, 0.3) is 0 Å². The third-order valence-corrected chi connectivity index (χ3v) is 10.2. The van der Waals surface area contributed by atoms with Gasteiger partial charge in [0, 0.05) is 36.0 Å². The Bertz CT molecular complexity index is 1220. The Morgan fingerprint density at radius 1 is 1.06 bits per heavy atom. The molecule has 0 aromatic heterocycles. The molecule has 3 fully saturated rings. The van der Waals surface area contributed by atoms with Gasteiger partial charge in [-0.3, -0.25) is 22.7 Å². The summed E-state index contributed by atoms with van der Waals surface area (Å²) in [6.07, 6.45) is 1.56. The number of rotatable bonds is 5. The van der Waals surface area contributed by atoms with E-state index < -0.39 is 55.1 Å². The van der Waals surface area contributed by atoms with Crippen LogP contribution >= 0.6 is 0 Å². The fourth-order valence-corrected chi connectivity index (χ4v) is 9.41. The number of carbonyl (C=O) groups is 3. The maximum atomic E-state index is 13.9. The normalized spacial score (nSPS) is 43.7. The summed E-state index contributed by atoms with van der Waals surface area (Å²) < 4.78 is 60.5. The summed E-state index contributed by atoms with van der Waals surface area (Å²) in [4.78, 5) is 39.0. The smallest absolute Gasteiger partial charge is 0.265 e. The first-order chi connectivity index (χ1) is 15.9. The van der Waals surface area contributed by atoms with Gasteiger partial charge in [0.05, 0.1) is 12.5 Å². The van der Waals surface area contributed by atoms with Crippen LogP contribution in [-0.2, 0) is 43.0 Å². The molecule has 3 saturated carbocycles. The van der Waals surface area contributed by atoms with Crippen molar-refractivity contribution in [3.8, 4) is 0 Å². The summed E-state index contributed by atoms with van der Waals surface area (Å²) in [6.45, 7) is 7.21. The molecule has 11 heteroatoms. The summed E-state index contributed by atoms with van der Waals surface area (Å²) >= 11 is 0. The lowest BCUT2D eigenvalue weighted by Crippen LogP contribution is -2.64. The lowest BCUT2D eigenvalue weighted by atomic mass is 9.45. The lowest BCUT2D eigenvalue weighted by molar-refractivity contribution is -0.163. The molecule has 0 radical (unpaired) electrons. The molecule has 9 atom stereocenters. The molecule has 0 saturated heterocycles. The zero-order valence-electron chi connectivity index (χ0n) is 20.9. The van der Waals surface area contributed by atoms with Crippen LogP contribution in [0, 0.1) is 40.4 Å². The fraction of sp³-hybridized carbons (Fsp3) is 0.792. The van der Waals surface area contributed by atoms with E-state index in [1.54, 1.807) is 0 Å². The molecule has 0 spiro atoms. The summed E-state index contributed by atoms with van der Waals surface area (Å²) in [5, 5.41) is 0. The molecule has 9 nitrogen and oxygen atoms in total. The van der Waals surface area contributed by atoms with E-state index in [0.717, 1.165) is 12.5 Å². The van der Waals surface area contributed by atoms with Crippen LogP contribution in [-0.4, -0.2) is 58.9 Å². The highest BCUT2D eigenvalue weighted by atomic mass is 32.2. The van der Waals surface area contributed by atoms with Gasteiger partial charge in [0.15, 0.2) is 5.78 Å². The van der Waals surface area contributed by atoms with E-state index in [1.807, 2.05) is 20.8 Å². The van der Waals surface area contributed by atoms with E-state index in [1.165, 1.54) is 13.0 Å². The predicted molar refractivity (Wildman–Crippen MR) is 126 cm³/mol. The van der Waals surface area contributed by atoms with Crippen molar-refractivity contribution in [1.29, 1.82) is 0 Å². The van der Waals surface area contributed by atoms with E-state index in [4.69, 9.17) is 8.37 Å². The van der Waals surface area contributed by atoms with Crippen molar-refractivity contribution >= 4 is 37.6 Å². The van der Waals surface area contributed by atoms with Gasteiger partial charge in [0.2, 0.25) is 0 Å². The number of ketones is 3. The zero-order valence-corrected chi connectivity index (χ0v) is 22.6. The number of hydrogen-bond donors (Lipinski definition) is 0. The third-order valence-electron chi connectivity index (χ3n) is 9.04. The highest BCUT2D eigenvalue weighted by molar-refractivity contribution is 7.86. The standard InChI is InChI=1S/C24H34O9S2/c1-12-9-15-18-20(17(27)11-24(15,4)19(12)13(2)25)23(3)8-7-14(26)10-16(23)21(32-34(5,28)29)22(18)33-35(6,30)31/h10,12,15,18-22H,7-9,11H2,1-6H3/t12-,15+,18+,19-,20+,21+,22-,23+,24+/m1/s1. The molecule has 0 aliphatic heterocycles. The summed E-state index contributed by atoms with van der Waals surface area (Å²) in [6, 6.07) is 0. The van der Waals surface area contributed by atoms with E-state index in [-0.39, 0.29) is 47.9 Å². The van der Waals surface area contributed by atoms with Crippen molar-refractivity contribution in [2.45, 2.75) is 65.6 Å². The van der Waals surface area contributed by atoms with Crippen LogP contribution in [0.2, 0.25) is 0 Å². The van der Waals surface area contributed by atoms with Gasteiger partial charge in [-0.2, -0.15) is 16.8 Å². The average molecular weight is 531 g/mol. The van der Waals surface area contributed by atoms with Gasteiger partial charge >= 0.3 is 0 Å². The van der Waals surface area contributed by atoms with E-state index in [9.17, 15) is 31.2 Å². The highest BCUT2D eigenvalue weighted by Gasteiger charge is 2.69. The minimum atomic E-state index is -4.11. The summed E-state index contributed by atoms with van der Waals surface area (Å²) in [7, 11) is -8.21. The molecule has 35 heavy (non-hydrogen) atoms. The van der Waals surface area contributed by atoms with Gasteiger partial charge in [-0.05, 0) is 48.7 Å². The van der Waals surface area contributed by atoms with Crippen LogP contribution in [0.3, 0.4) is 0 Å². The predicted octanol–water partition coefficient (Wildman–Crippen LogP) is 2.06. The first kappa shape index (κ1) is 26.6. The molecule has 0 aromatic rings. The molecule has 0 N–H and O–H groups in total. The summed E-state index contributed by atoms with van der Waals surface area (Å²) in [5.41, 5.74) is -1.33. The molecule has 0 bridgehead atoms. The van der Waals surface area contributed by atoms with Crippen LogP contribution < -0.4 is 0 Å². The number of hydrogen-bond acceptors (Lipinski definition) is 9. The molecule has 4 rings (SSSR count). The Kier molecular flexibility index (Phi) is 6.31. The van der Waals surface area contributed by atoms with Crippen molar-refractivity contribution in [2.75, 3.05) is 12.5 Å². The van der Waals surface area contributed by atoms with Gasteiger partial charge in [-0.1, -0.05) is 20.8 Å². The largest absolute Gasteiger partial charge is 0.300 e. The van der Waals surface area contributed by atoms with Crippen LogP contribution in [0.4, 0.5) is 0 Å². The van der Waals surface area contributed by atoms with Gasteiger partial charge in [-0.15, -0.1) is 0 Å². The lowest BCUT2D eigenvalue weighted by Gasteiger charge is -2.60. The molecule has 4 aliphatic carbocycles. The van der Waals surface area contributed by atoms with Crippen molar-refractivity contribution in [1.82, 2.24) is 0 Å². The molecular weight excluding hydrogens is 496 g/mol. The minimum absolute atomic E-state index is 0.0239. The maximum Gasteiger partial charge on any atom is 0.265 e. The second-order valence-electron chi connectivity index (χ2n) is 11.6. The highest BCUT2D eigenvalue weighted by Crippen LogP contribution is 2.67. The molecule has 0 aromatic carbocycles. The van der Waals surface area contributed by atoms with Crippen LogP contribution in [0.15, 0.2) is 11.6 Å². The average Bonchev–Trinajstić information content (AvgIpc) is 2.93. The topological polar surface area (TPSA) is 138 Å². The second kappa shape index (κ2) is 8.29. The summed E-state index contributed by atoms with van der Waals surface area (Å²) in [5.74, 6) is -2.48. The van der Waals surface area contributed by atoms with Crippen LogP contribution in [0.1, 0.15) is 53.4 Å². The van der Waals surface area contributed by atoms with Gasteiger partial charge in [-0.25, -0.2) is 0 Å². The molecule has 0 unspecified atom stereocenters. The number of carbonyl (C=O) groups excluding carboxylic acids is 3. The third kappa shape index (κ3) is 4.36. The van der Waals surface area contributed by atoms with Crippen molar-refractivity contribution in [3.63, 3.8) is 0 Å². The minimum Gasteiger partial charge on any atom is -0.300 e. The maximum absolute atomic E-state index is 13.9. The Morgan fingerprint density at radius 2 is 1.66 bits per heavy atom. The molecule has 0 amide bonds. The van der Waals surface area contributed by atoms with Gasteiger partial charge in [0.1, 0.15) is 23.8 Å². The Balaban J connectivity index is 1.98. The van der Waals surface area contributed by atoms with Crippen LogP contribution in [0.5, 0.6) is 0 Å². The van der Waals surface area contributed by atoms with Gasteiger partial charge in [0.25, 0.3) is 20.2 Å². The Hall–Kier alpha value is -1.43. The first-order valence-corrected chi connectivity index (χ1v) is 15.6. The van der Waals surface area contributed by atoms with Crippen molar-refractivity contribution < 1.29 is 39.6 Å². The van der Waals surface area contributed by atoms with Gasteiger partial charge < -0.3 is 0 Å². The van der Waals surface area contributed by atoms with Crippen molar-refractivity contribution in [2.24, 2.45) is 40.4 Å². The molecular formula is C24H34O9S2. The monoisotopic (exact) mass is 530 g/mol.